The van der Waals surface area contributed by atoms with Gasteiger partial charge in [0.2, 0.25) is 0 Å². The fourth-order valence-corrected chi connectivity index (χ4v) is 3.76. The first-order valence-electron chi connectivity index (χ1n) is 6.20. The van der Waals surface area contributed by atoms with E-state index in [1.54, 1.807) is 6.92 Å². The van der Waals surface area contributed by atoms with E-state index in [4.69, 9.17) is 9.84 Å². The smallest absolute Gasteiger partial charge is 0.335 e. The van der Waals surface area contributed by atoms with Crippen molar-refractivity contribution >= 4 is 33.0 Å². The second-order valence-electron chi connectivity index (χ2n) is 4.19. The minimum absolute atomic E-state index is 0.000357. The fraction of sp³-hybridized carbons (Fsp3) is 0.143. The van der Waals surface area contributed by atoms with Crippen molar-refractivity contribution < 1.29 is 23.1 Å². The number of methoxy groups -OCH3 is 1. The molecule has 120 valence electrons. The monoisotopic (exact) mass is 352 g/mol. The highest BCUT2D eigenvalue weighted by atomic mass is 32.2. The van der Waals surface area contributed by atoms with E-state index >= 15 is 0 Å². The van der Waals surface area contributed by atoms with E-state index in [-0.39, 0.29) is 21.2 Å². The predicted octanol–water partition coefficient (Wildman–Crippen LogP) is 2.02. The molecule has 0 spiro atoms. The largest absolute Gasteiger partial charge is 0.495 e. The van der Waals surface area contributed by atoms with Gasteiger partial charge in [0.1, 0.15) is 5.75 Å². The summed E-state index contributed by atoms with van der Waals surface area (Å²) in [5.41, 5.74) is 0.122. The van der Waals surface area contributed by atoms with Crippen LogP contribution in [-0.4, -0.2) is 31.6 Å². The number of anilines is 1. The van der Waals surface area contributed by atoms with Crippen molar-refractivity contribution in [2.24, 2.45) is 0 Å². The molecule has 23 heavy (non-hydrogen) atoms. The van der Waals surface area contributed by atoms with Gasteiger partial charge in [-0.05, 0) is 31.0 Å². The van der Waals surface area contributed by atoms with Crippen LogP contribution < -0.4 is 9.46 Å². The zero-order valence-electron chi connectivity index (χ0n) is 12.2. The van der Waals surface area contributed by atoms with Crippen molar-refractivity contribution in [2.45, 2.75) is 11.1 Å². The molecule has 2 aromatic rings. The average Bonchev–Trinajstić information content (AvgIpc) is 2.97. The first-order chi connectivity index (χ1) is 10.9. The number of carbonyl (C=O) groups is 1. The van der Waals surface area contributed by atoms with E-state index in [1.807, 2.05) is 0 Å². The van der Waals surface area contributed by atoms with Crippen LogP contribution >= 0.6 is 11.3 Å². The number of carboxylic acids is 1. The number of hydrogen-bond acceptors (Lipinski definition) is 6. The minimum atomic E-state index is -3.87. The highest BCUT2D eigenvalue weighted by Gasteiger charge is 2.20. The molecule has 7 nitrogen and oxygen atoms in total. The summed E-state index contributed by atoms with van der Waals surface area (Å²) in [6.45, 7) is 1.63. The van der Waals surface area contributed by atoms with Crippen molar-refractivity contribution in [2.75, 3.05) is 11.8 Å². The first-order valence-corrected chi connectivity index (χ1v) is 8.50. The van der Waals surface area contributed by atoms with Gasteiger partial charge in [-0.15, -0.1) is 0 Å². The molecule has 1 aromatic carbocycles. The van der Waals surface area contributed by atoms with Crippen LogP contribution in [0.5, 0.6) is 5.75 Å². The number of sulfonamides is 1. The third kappa shape index (κ3) is 3.80. The standard InChI is InChI=1S/C14H12N2O5S2/c1-3-4-12-15-8-13(22-12)23(19,20)16-10-6-5-9(14(17)18)7-11(10)21-2/h5-8,16H,1-2H3,(H,17,18). The summed E-state index contributed by atoms with van der Waals surface area (Å²) in [7, 11) is -2.55. The third-order valence-electron chi connectivity index (χ3n) is 2.67. The quantitative estimate of drug-likeness (QED) is 0.798. The number of aromatic carboxylic acids is 1. The Morgan fingerprint density at radius 1 is 1.43 bits per heavy atom. The van der Waals surface area contributed by atoms with Gasteiger partial charge in [0.05, 0.1) is 24.6 Å². The maximum absolute atomic E-state index is 12.3. The lowest BCUT2D eigenvalue weighted by atomic mass is 10.2. The highest BCUT2D eigenvalue weighted by molar-refractivity contribution is 7.94. The molecular weight excluding hydrogens is 340 g/mol. The summed E-state index contributed by atoms with van der Waals surface area (Å²) >= 11 is 0.935. The highest BCUT2D eigenvalue weighted by Crippen LogP contribution is 2.29. The van der Waals surface area contributed by atoms with Crippen molar-refractivity contribution in [1.82, 2.24) is 4.98 Å². The Balaban J connectivity index is 2.35. The Labute approximate surface area is 137 Å². The molecule has 2 N–H and O–H groups in total. The summed E-state index contributed by atoms with van der Waals surface area (Å²) < 4.78 is 32.1. The molecule has 1 aromatic heterocycles. The van der Waals surface area contributed by atoms with Crippen LogP contribution in [0.2, 0.25) is 0 Å². The zero-order valence-corrected chi connectivity index (χ0v) is 13.8. The van der Waals surface area contributed by atoms with Gasteiger partial charge in [-0.3, -0.25) is 4.72 Å². The number of thiazole rings is 1. The number of carboxylic acid groups (broad SMARTS) is 1. The first kappa shape index (κ1) is 16.8. The maximum atomic E-state index is 12.3. The minimum Gasteiger partial charge on any atom is -0.495 e. The van der Waals surface area contributed by atoms with Crippen LogP contribution in [0.1, 0.15) is 22.3 Å². The molecule has 0 atom stereocenters. The molecular formula is C14H12N2O5S2. The molecule has 0 aliphatic rings. The van der Waals surface area contributed by atoms with Gasteiger partial charge in [-0.2, -0.15) is 0 Å². The fourth-order valence-electron chi connectivity index (χ4n) is 1.65. The maximum Gasteiger partial charge on any atom is 0.335 e. The van der Waals surface area contributed by atoms with Gasteiger partial charge in [-0.25, -0.2) is 18.2 Å². The van der Waals surface area contributed by atoms with Crippen molar-refractivity contribution in [1.29, 1.82) is 0 Å². The molecule has 0 fully saturated rings. The third-order valence-corrected chi connectivity index (χ3v) is 5.41. The Morgan fingerprint density at radius 2 is 2.17 bits per heavy atom. The molecule has 1 heterocycles. The lowest BCUT2D eigenvalue weighted by Crippen LogP contribution is -2.12. The second-order valence-corrected chi connectivity index (χ2v) is 7.13. The number of aromatic nitrogens is 1. The molecule has 0 saturated heterocycles. The molecule has 2 rings (SSSR count). The number of benzene rings is 1. The SMILES string of the molecule is CC#Cc1ncc(S(=O)(=O)Nc2ccc(C(=O)O)cc2OC)s1. The van der Waals surface area contributed by atoms with Crippen LogP contribution in [0, 0.1) is 11.8 Å². The number of nitrogens with zero attached hydrogens (tertiary/aromatic N) is 1. The summed E-state index contributed by atoms with van der Waals surface area (Å²) in [4.78, 5) is 14.8. The van der Waals surface area contributed by atoms with Gasteiger partial charge in [-0.1, -0.05) is 17.3 Å². The van der Waals surface area contributed by atoms with E-state index in [9.17, 15) is 13.2 Å². The van der Waals surface area contributed by atoms with E-state index in [2.05, 4.69) is 21.5 Å². The second kappa shape index (κ2) is 6.68. The molecule has 0 bridgehead atoms. The summed E-state index contributed by atoms with van der Waals surface area (Å²) in [6.07, 6.45) is 1.21. The summed E-state index contributed by atoms with van der Waals surface area (Å²) in [5.74, 6) is 4.29. The molecule has 0 aliphatic heterocycles. The summed E-state index contributed by atoms with van der Waals surface area (Å²) in [6, 6.07) is 3.85. The molecule has 0 saturated carbocycles. The van der Waals surface area contributed by atoms with Crippen LogP contribution in [0.3, 0.4) is 0 Å². The van der Waals surface area contributed by atoms with Gasteiger partial charge in [0.15, 0.2) is 9.22 Å². The van der Waals surface area contributed by atoms with E-state index < -0.39 is 16.0 Å². The summed E-state index contributed by atoms with van der Waals surface area (Å²) in [5, 5.41) is 9.34. The van der Waals surface area contributed by atoms with Crippen LogP contribution in [0.4, 0.5) is 5.69 Å². The van der Waals surface area contributed by atoms with Crippen LogP contribution in [0.15, 0.2) is 28.6 Å². The Bertz CT molecular complexity index is 907. The molecule has 0 aliphatic carbocycles. The van der Waals surface area contributed by atoms with Crippen LogP contribution in [0.25, 0.3) is 0 Å². The van der Waals surface area contributed by atoms with Gasteiger partial charge in [0.25, 0.3) is 10.0 Å². The van der Waals surface area contributed by atoms with Gasteiger partial charge < -0.3 is 9.84 Å². The Kier molecular flexibility index (Phi) is 4.88. The zero-order chi connectivity index (χ0) is 17.0. The predicted molar refractivity (Wildman–Crippen MR) is 85.4 cm³/mol. The van der Waals surface area contributed by atoms with Crippen LogP contribution in [-0.2, 0) is 10.0 Å². The molecule has 0 radical (unpaired) electrons. The average molecular weight is 352 g/mol. The van der Waals surface area contributed by atoms with E-state index in [0.717, 1.165) is 11.3 Å². The topological polar surface area (TPSA) is 106 Å². The number of rotatable bonds is 5. The van der Waals surface area contributed by atoms with Gasteiger partial charge >= 0.3 is 5.97 Å². The van der Waals surface area contributed by atoms with Crippen molar-refractivity contribution in [3.05, 3.63) is 35.0 Å². The molecule has 9 heteroatoms. The van der Waals surface area contributed by atoms with E-state index in [1.165, 1.54) is 31.5 Å². The normalized spacial score (nSPS) is 10.5. The number of hydrogen-bond donors (Lipinski definition) is 2. The van der Waals surface area contributed by atoms with Crippen molar-refractivity contribution in [3.8, 4) is 17.6 Å². The number of ether oxygens (including phenoxy) is 1. The van der Waals surface area contributed by atoms with Gasteiger partial charge in [0, 0.05) is 0 Å². The number of nitrogens with one attached hydrogen (secondary N) is 1. The Hall–Kier alpha value is -2.57. The molecule has 0 unspecified atom stereocenters. The lowest BCUT2D eigenvalue weighted by molar-refractivity contribution is 0.0696. The lowest BCUT2D eigenvalue weighted by Gasteiger charge is -2.11. The molecule has 0 amide bonds. The Morgan fingerprint density at radius 3 is 2.78 bits per heavy atom. The van der Waals surface area contributed by atoms with Crippen molar-refractivity contribution in [3.63, 3.8) is 0 Å². The van der Waals surface area contributed by atoms with E-state index in [0.29, 0.717) is 5.01 Å².